The van der Waals surface area contributed by atoms with Crippen LogP contribution >= 0.6 is 15.9 Å². The van der Waals surface area contributed by atoms with Crippen LogP contribution in [0.3, 0.4) is 0 Å². The van der Waals surface area contributed by atoms with Gasteiger partial charge in [-0.25, -0.2) is 4.68 Å². The first-order valence-electron chi connectivity index (χ1n) is 6.44. The second-order valence-electron chi connectivity index (χ2n) is 5.22. The van der Waals surface area contributed by atoms with Crippen molar-refractivity contribution >= 4 is 21.9 Å². The van der Waals surface area contributed by atoms with Crippen molar-refractivity contribution in [1.82, 2.24) is 9.78 Å². The fraction of sp³-hybridized carbons (Fsp3) is 0.333. The van der Waals surface area contributed by atoms with Gasteiger partial charge in [-0.15, -0.1) is 0 Å². The molecule has 0 saturated carbocycles. The fourth-order valence-corrected chi connectivity index (χ4v) is 2.66. The molecular formula is C15H17BrN2O2. The van der Waals surface area contributed by atoms with E-state index in [9.17, 15) is 9.90 Å². The second-order valence-corrected chi connectivity index (χ2v) is 6.07. The number of benzene rings is 1. The molecule has 0 amide bonds. The van der Waals surface area contributed by atoms with E-state index in [0.717, 1.165) is 12.1 Å². The third kappa shape index (κ3) is 2.63. The van der Waals surface area contributed by atoms with Gasteiger partial charge in [-0.3, -0.25) is 4.79 Å². The Morgan fingerprint density at radius 3 is 2.45 bits per heavy atom. The molecule has 0 saturated heterocycles. The summed E-state index contributed by atoms with van der Waals surface area (Å²) in [5.41, 5.74) is 1.65. The molecule has 0 radical (unpaired) electrons. The van der Waals surface area contributed by atoms with E-state index in [1.807, 2.05) is 24.3 Å². The van der Waals surface area contributed by atoms with E-state index >= 15 is 0 Å². The molecule has 0 atom stereocenters. The van der Waals surface area contributed by atoms with Crippen molar-refractivity contribution in [3.05, 3.63) is 46.2 Å². The Morgan fingerprint density at radius 1 is 1.35 bits per heavy atom. The zero-order valence-corrected chi connectivity index (χ0v) is 13.3. The topological polar surface area (TPSA) is 55.1 Å². The van der Waals surface area contributed by atoms with Gasteiger partial charge >= 0.3 is 5.97 Å². The van der Waals surface area contributed by atoms with Crippen LogP contribution < -0.4 is 0 Å². The minimum absolute atomic E-state index is 0.518. The van der Waals surface area contributed by atoms with E-state index in [-0.39, 0.29) is 0 Å². The van der Waals surface area contributed by atoms with Crippen LogP contribution in [-0.4, -0.2) is 20.9 Å². The first kappa shape index (κ1) is 14.8. The first-order valence-corrected chi connectivity index (χ1v) is 7.24. The maximum atomic E-state index is 11.3. The van der Waals surface area contributed by atoms with Crippen LogP contribution in [0.2, 0.25) is 0 Å². The van der Waals surface area contributed by atoms with E-state index < -0.39 is 11.4 Å². The van der Waals surface area contributed by atoms with Crippen LogP contribution in [0.15, 0.2) is 34.9 Å². The molecule has 0 bridgehead atoms. The van der Waals surface area contributed by atoms with Gasteiger partial charge in [-0.05, 0) is 53.9 Å². The molecule has 2 rings (SSSR count). The predicted molar refractivity (Wildman–Crippen MR) is 81.3 cm³/mol. The maximum absolute atomic E-state index is 11.3. The number of nitrogens with zero attached hydrogens (tertiary/aromatic N) is 2. The number of rotatable bonds is 4. The number of hydrogen-bond acceptors (Lipinski definition) is 2. The molecule has 0 aliphatic carbocycles. The zero-order chi connectivity index (χ0) is 14.9. The summed E-state index contributed by atoms with van der Waals surface area (Å²) < 4.78 is 2.40. The van der Waals surface area contributed by atoms with Gasteiger partial charge in [0.15, 0.2) is 0 Å². The van der Waals surface area contributed by atoms with E-state index in [0.29, 0.717) is 10.2 Å². The molecular weight excluding hydrogens is 320 g/mol. The highest BCUT2D eigenvalue weighted by molar-refractivity contribution is 9.10. The quantitative estimate of drug-likeness (QED) is 0.928. The second kappa shape index (κ2) is 5.40. The Morgan fingerprint density at radius 2 is 1.95 bits per heavy atom. The van der Waals surface area contributed by atoms with Crippen LogP contribution in [0.4, 0.5) is 0 Å². The van der Waals surface area contributed by atoms with E-state index in [4.69, 9.17) is 0 Å². The number of aryl methyl sites for hydroxylation is 1. The maximum Gasteiger partial charge on any atom is 0.315 e. The highest BCUT2D eigenvalue weighted by Gasteiger charge is 2.34. The number of carboxylic acids is 1. The summed E-state index contributed by atoms with van der Waals surface area (Å²) in [4.78, 5) is 11.3. The Hall–Kier alpha value is -1.62. The standard InChI is InChI=1S/C15H17BrN2O2/c1-4-10-5-7-11(8-6-10)18-9-12(16)13(17-18)15(2,3)14(19)20/h5-9H,4H2,1-3H3,(H,19,20). The third-order valence-electron chi connectivity index (χ3n) is 3.41. The van der Waals surface area contributed by atoms with Crippen LogP contribution in [0, 0.1) is 0 Å². The summed E-state index contributed by atoms with van der Waals surface area (Å²) >= 11 is 3.40. The van der Waals surface area contributed by atoms with Gasteiger partial charge in [-0.1, -0.05) is 19.1 Å². The molecule has 0 aliphatic heterocycles. The smallest absolute Gasteiger partial charge is 0.315 e. The van der Waals surface area contributed by atoms with Gasteiger partial charge in [0.25, 0.3) is 0 Å². The predicted octanol–water partition coefficient (Wildman–Crippen LogP) is 3.56. The molecule has 1 aromatic carbocycles. The molecule has 1 N–H and O–H groups in total. The van der Waals surface area contributed by atoms with Gasteiger partial charge in [0.2, 0.25) is 0 Å². The zero-order valence-electron chi connectivity index (χ0n) is 11.7. The molecule has 5 heteroatoms. The van der Waals surface area contributed by atoms with Crippen LogP contribution in [0.5, 0.6) is 0 Å². The van der Waals surface area contributed by atoms with Crippen molar-refractivity contribution in [2.24, 2.45) is 0 Å². The Balaban J connectivity index is 2.42. The van der Waals surface area contributed by atoms with Crippen molar-refractivity contribution < 1.29 is 9.90 Å². The van der Waals surface area contributed by atoms with Gasteiger partial charge in [0.1, 0.15) is 5.41 Å². The Bertz CT molecular complexity index is 630. The third-order valence-corrected chi connectivity index (χ3v) is 3.99. The van der Waals surface area contributed by atoms with Crippen molar-refractivity contribution in [3.63, 3.8) is 0 Å². The van der Waals surface area contributed by atoms with Crippen LogP contribution in [-0.2, 0) is 16.6 Å². The summed E-state index contributed by atoms with van der Waals surface area (Å²) in [6.45, 7) is 5.40. The van der Waals surface area contributed by atoms with Gasteiger partial charge in [-0.2, -0.15) is 5.10 Å². The van der Waals surface area contributed by atoms with Crippen molar-refractivity contribution in [2.75, 3.05) is 0 Å². The number of aromatic nitrogens is 2. The average molecular weight is 337 g/mol. The van der Waals surface area contributed by atoms with Gasteiger partial charge in [0.05, 0.1) is 15.9 Å². The van der Waals surface area contributed by atoms with Crippen molar-refractivity contribution in [1.29, 1.82) is 0 Å². The van der Waals surface area contributed by atoms with E-state index in [2.05, 4.69) is 28.0 Å². The van der Waals surface area contributed by atoms with Crippen molar-refractivity contribution in [2.45, 2.75) is 32.6 Å². The lowest BCUT2D eigenvalue weighted by Crippen LogP contribution is -2.29. The lowest BCUT2D eigenvalue weighted by Gasteiger charge is -2.16. The minimum Gasteiger partial charge on any atom is -0.481 e. The van der Waals surface area contributed by atoms with Crippen LogP contribution in [0.1, 0.15) is 32.0 Å². The minimum atomic E-state index is -1.03. The number of aliphatic carboxylic acids is 1. The van der Waals surface area contributed by atoms with Crippen molar-refractivity contribution in [3.8, 4) is 5.69 Å². The number of carboxylic acid groups (broad SMARTS) is 1. The largest absolute Gasteiger partial charge is 0.481 e. The van der Waals surface area contributed by atoms with Gasteiger partial charge in [0, 0.05) is 6.20 Å². The summed E-state index contributed by atoms with van der Waals surface area (Å²) in [5, 5.41) is 13.7. The fourth-order valence-electron chi connectivity index (χ4n) is 1.89. The first-order chi connectivity index (χ1) is 9.36. The Kier molecular flexibility index (Phi) is 3.99. The molecule has 20 heavy (non-hydrogen) atoms. The summed E-state index contributed by atoms with van der Waals surface area (Å²) in [7, 11) is 0. The normalized spacial score (nSPS) is 11.6. The van der Waals surface area contributed by atoms with Crippen LogP contribution in [0.25, 0.3) is 5.69 Å². The molecule has 106 valence electrons. The summed E-state index contributed by atoms with van der Waals surface area (Å²) in [6.07, 6.45) is 2.78. The summed E-state index contributed by atoms with van der Waals surface area (Å²) in [6, 6.07) is 8.06. The monoisotopic (exact) mass is 336 g/mol. The van der Waals surface area contributed by atoms with Gasteiger partial charge < -0.3 is 5.11 Å². The molecule has 0 unspecified atom stereocenters. The SMILES string of the molecule is CCc1ccc(-n2cc(Br)c(C(C)(C)C(=O)O)n2)cc1. The van der Waals surface area contributed by atoms with E-state index in [1.165, 1.54) is 5.56 Å². The molecule has 0 spiro atoms. The lowest BCUT2D eigenvalue weighted by atomic mass is 9.90. The Labute approximate surface area is 126 Å². The number of halogens is 1. The molecule has 2 aromatic rings. The molecule has 1 heterocycles. The number of hydrogen-bond donors (Lipinski definition) is 1. The molecule has 1 aromatic heterocycles. The highest BCUT2D eigenvalue weighted by atomic mass is 79.9. The lowest BCUT2D eigenvalue weighted by molar-refractivity contribution is -0.142. The molecule has 4 nitrogen and oxygen atoms in total. The molecule has 0 fully saturated rings. The highest BCUT2D eigenvalue weighted by Crippen LogP contribution is 2.30. The van der Waals surface area contributed by atoms with E-state index in [1.54, 1.807) is 24.7 Å². The average Bonchev–Trinajstić information content (AvgIpc) is 2.81. The molecule has 0 aliphatic rings. The number of carbonyl (C=O) groups is 1. The summed E-state index contributed by atoms with van der Waals surface area (Å²) in [5.74, 6) is -0.898.